The van der Waals surface area contributed by atoms with Crippen molar-refractivity contribution in [2.45, 2.75) is 41.5 Å². The minimum absolute atomic E-state index is 0.623. The van der Waals surface area contributed by atoms with Crippen molar-refractivity contribution in [1.82, 2.24) is 9.97 Å². The Morgan fingerprint density at radius 1 is 0.265 bits per heavy atom. The van der Waals surface area contributed by atoms with Gasteiger partial charge in [0.15, 0.2) is 25.4 Å². The summed E-state index contributed by atoms with van der Waals surface area (Å²) in [6.45, 7) is 12.1. The zero-order chi connectivity index (χ0) is 77.7. The van der Waals surface area contributed by atoms with Crippen LogP contribution in [-0.4, -0.2) is 9.97 Å². The average molecular weight is 1650 g/mol. The van der Waals surface area contributed by atoms with Gasteiger partial charge >= 0.3 is 7.41 Å². The van der Waals surface area contributed by atoms with Crippen LogP contribution in [0.15, 0.2) is 353 Å². The summed E-state index contributed by atoms with van der Waals surface area (Å²) in [4.78, 5) is 10.3. The number of ether oxygens (including phenoxy) is 2. The van der Waals surface area contributed by atoms with Gasteiger partial charge in [0.25, 0.3) is 0 Å². The van der Waals surface area contributed by atoms with Crippen molar-refractivity contribution in [3.8, 4) is 113 Å². The van der Waals surface area contributed by atoms with Gasteiger partial charge in [-0.3, -0.25) is 0 Å². The molecule has 8 nitrogen and oxygen atoms in total. The lowest BCUT2D eigenvalue weighted by molar-refractivity contribution is 0.484. The molecular weight excluding hydrogens is 1580 g/mol. The Labute approximate surface area is 675 Å². The largest absolute Gasteiger partial charge is 0.456 e. The Morgan fingerprint density at radius 2 is 0.513 bits per heavy atom. The van der Waals surface area contributed by atoms with Crippen LogP contribution in [0.4, 0.5) is 0 Å². The van der Waals surface area contributed by atoms with Gasteiger partial charge in [-0.2, -0.15) is 0 Å². The summed E-state index contributed by atoms with van der Waals surface area (Å²) < 4.78 is 64.3. The molecule has 0 spiro atoms. The van der Waals surface area contributed by atoms with Gasteiger partial charge < -0.3 is 23.0 Å². The van der Waals surface area contributed by atoms with Crippen LogP contribution in [-0.2, 0) is 13.7 Å². The van der Waals surface area contributed by atoms with Gasteiger partial charge in [-0.05, 0) is 219 Å². The van der Waals surface area contributed by atoms with E-state index in [1.165, 1.54) is 16.7 Å². The molecule has 113 heavy (non-hydrogen) atoms. The summed E-state index contributed by atoms with van der Waals surface area (Å²) in [5.74, 6) is 2.49. The molecule has 14 aromatic carbocycles. The topological polar surface area (TPSA) is 109 Å². The van der Waals surface area contributed by atoms with E-state index in [-0.39, 0.29) is 0 Å². The molecule has 0 bridgehead atoms. The molecule has 5 heterocycles. The maximum atomic E-state index is 15.7. The molecule has 13 heteroatoms. The first-order valence-corrected chi connectivity index (χ1v) is 43.6. The van der Waals surface area contributed by atoms with E-state index in [0.717, 1.165) is 136 Å². The summed E-state index contributed by atoms with van der Waals surface area (Å²) >= 11 is 7.06. The van der Waals surface area contributed by atoms with Crippen LogP contribution in [0.3, 0.4) is 0 Å². The van der Waals surface area contributed by atoms with Crippen molar-refractivity contribution >= 4 is 107 Å². The summed E-state index contributed by atoms with van der Waals surface area (Å²) in [6, 6.07) is 115. The molecule has 2 aliphatic rings. The van der Waals surface area contributed by atoms with Crippen molar-refractivity contribution in [3.63, 3.8) is 0 Å². The maximum absolute atomic E-state index is 15.7. The molecule has 17 aromatic rings. The fraction of sp³-hybridized carbons (Fsp3) is 0.0600. The van der Waals surface area contributed by atoms with Crippen molar-refractivity contribution < 1.29 is 27.6 Å². The predicted octanol–water partition coefficient (Wildman–Crippen LogP) is 26.7. The summed E-state index contributed by atoms with van der Waals surface area (Å²) in [5.41, 5.74) is 24.3. The number of rotatable bonds is 10. The molecule has 0 aliphatic carbocycles. The average Bonchev–Trinajstić information content (AvgIpc) is 0.728. The van der Waals surface area contributed by atoms with Crippen molar-refractivity contribution in [1.29, 1.82) is 0 Å². The second-order valence-electron chi connectivity index (χ2n) is 28.9. The van der Waals surface area contributed by atoms with E-state index in [2.05, 4.69) is 202 Å². The van der Waals surface area contributed by atoms with Crippen LogP contribution >= 0.6 is 53.6 Å². The van der Waals surface area contributed by atoms with Crippen molar-refractivity contribution in [3.05, 3.63) is 382 Å². The van der Waals surface area contributed by atoms with E-state index in [9.17, 15) is 4.57 Å². The molecule has 19 rings (SSSR count). The first-order chi connectivity index (χ1) is 54.8. The van der Waals surface area contributed by atoms with E-state index in [4.69, 9.17) is 23.9 Å². The van der Waals surface area contributed by atoms with E-state index < -0.39 is 21.7 Å². The highest BCUT2D eigenvalue weighted by Crippen LogP contribution is 2.54. The van der Waals surface area contributed by atoms with Crippen LogP contribution in [0.1, 0.15) is 33.4 Å². The number of halogens is 2. The van der Waals surface area contributed by atoms with Crippen LogP contribution in [0.5, 0.6) is 23.0 Å². The van der Waals surface area contributed by atoms with Crippen LogP contribution in [0.25, 0.3) is 111 Å². The van der Waals surface area contributed by atoms with Gasteiger partial charge in [0.2, 0.25) is 10.2 Å². The fourth-order valence-electron chi connectivity index (χ4n) is 14.8. The van der Waals surface area contributed by atoms with Crippen molar-refractivity contribution in [2.75, 3.05) is 0 Å². The highest BCUT2D eigenvalue weighted by atomic mass is 79.9. The molecule has 3 aromatic heterocycles. The number of hydrogen-bond donors (Lipinski definition) is 0. The quantitative estimate of drug-likeness (QED) is 0.0984. The summed E-state index contributed by atoms with van der Waals surface area (Å²) in [7, 11) is -8.13. The SMILES string of the molecule is Brc1ccc(-c2cc(-c3ccc(-c4ccccc4)cc3)cc(-c3ccc(Br)cc3)n2)cc1.Cc1ccc2c(c1)P(=O)(c1ccc(-c3cc(-c4ccc(-c5ccccc5)cc4)cc(-c4ccc(P5(=O)c6cc(C)ccc6Oc6ccc(C)cc65)cc4)n3)cc1)c1cc(C)ccc1O2.Cc1ccc2oc3ccc(C)cc3[p+](=O)c2c1. The standard InChI is InChI=1S/C57H43NO4P2.C29H19Br2N.C14H12O2P/c1-36-10-26-50-54(30-36)63(59,55-31-37(2)11-27-51(55)61-50)46-22-18-43(19-23-46)48-34-45(42-16-14-41(15-17-42)40-8-6-5-7-9-40)35-49(58-48)44-20-24-47(25-21-44)64(60)56-32-38(3)12-28-52(56)62-53-29-13-39(4)33-57(53)64;30-26-14-10-23(11-15-26)28-18-25(19-29(32-28)24-12-16-27(31)17-13-24)22-8-6-21(7-9-22)20-4-2-1-3-5-20;1-9-3-5-11-13(7-9)17(15)14-8-10(2)4-6-12(14)16-11/h5-35H,1-4H3;1-19H;3-8H,1-2H3/q;;+1. The van der Waals surface area contributed by atoms with Gasteiger partial charge in [-0.25, -0.2) is 9.97 Å². The highest BCUT2D eigenvalue weighted by molar-refractivity contribution is 9.10. The van der Waals surface area contributed by atoms with Gasteiger partial charge in [-0.1, -0.05) is 277 Å². The molecule has 0 radical (unpaired) electrons. The minimum atomic E-state index is -3.30. The number of pyridine rings is 2. The molecule has 0 saturated heterocycles. The number of aryl methyl sites for hydroxylation is 6. The van der Waals surface area contributed by atoms with E-state index >= 15 is 9.13 Å². The first kappa shape index (κ1) is 74.1. The maximum Gasteiger partial charge on any atom is 0.423 e. The second kappa shape index (κ2) is 31.1. The Balaban J connectivity index is 0.000000154. The molecule has 0 amide bonds. The second-order valence-corrected chi connectivity index (χ2v) is 37.7. The first-order valence-electron chi connectivity index (χ1n) is 37.3. The summed E-state index contributed by atoms with van der Waals surface area (Å²) in [6.07, 6.45) is 0. The number of hydrogen-bond acceptors (Lipinski definition) is 8. The third kappa shape index (κ3) is 15.0. The van der Waals surface area contributed by atoms with Gasteiger partial charge in [0, 0.05) is 41.8 Å². The molecule has 0 saturated carbocycles. The molecule has 2 aliphatic heterocycles. The molecule has 0 atom stereocenters. The zero-order valence-corrected chi connectivity index (χ0v) is 68.6. The fourth-order valence-corrected chi connectivity index (χ4v) is 22.9. The minimum Gasteiger partial charge on any atom is -0.456 e. The van der Waals surface area contributed by atoms with Crippen LogP contribution < -0.4 is 41.3 Å². The number of fused-ring (bicyclic) bond motifs is 6. The predicted molar refractivity (Wildman–Crippen MR) is 476 cm³/mol. The highest BCUT2D eigenvalue weighted by Gasteiger charge is 2.41. The molecule has 0 fully saturated rings. The molecule has 0 N–H and O–H groups in total. The van der Waals surface area contributed by atoms with Gasteiger partial charge in [-0.15, -0.1) is 0 Å². The molecule has 548 valence electrons. The monoisotopic (exact) mass is 1650 g/mol. The van der Waals surface area contributed by atoms with E-state index in [1.807, 2.05) is 211 Å². The van der Waals surface area contributed by atoms with Gasteiger partial charge in [0.05, 0.1) is 44.0 Å². The third-order valence-electron chi connectivity index (χ3n) is 20.8. The molecular formula is C100H74Br2N2O6P3+. The Bertz CT molecular complexity index is 6280. The van der Waals surface area contributed by atoms with Crippen LogP contribution in [0, 0.1) is 41.5 Å². The Hall–Kier alpha value is -11.7. The number of aromatic nitrogens is 2. The molecule has 0 unspecified atom stereocenters. The third-order valence-corrected chi connectivity index (χ3v) is 29.6. The lowest BCUT2D eigenvalue weighted by Crippen LogP contribution is -2.31. The number of benzene rings is 14. The lowest BCUT2D eigenvalue weighted by atomic mass is 9.97. The summed E-state index contributed by atoms with van der Waals surface area (Å²) in [5, 5.41) is 5.92. The lowest BCUT2D eigenvalue weighted by Gasteiger charge is -2.29. The van der Waals surface area contributed by atoms with Gasteiger partial charge in [0.1, 0.15) is 23.0 Å². The van der Waals surface area contributed by atoms with Crippen LogP contribution in [0.2, 0.25) is 0 Å². The van der Waals surface area contributed by atoms with E-state index in [0.29, 0.717) is 55.4 Å². The number of nitrogens with zero attached hydrogens (tertiary/aromatic N) is 2. The Morgan fingerprint density at radius 3 is 0.814 bits per heavy atom. The smallest absolute Gasteiger partial charge is 0.423 e. The van der Waals surface area contributed by atoms with Crippen molar-refractivity contribution in [2.24, 2.45) is 0 Å². The van der Waals surface area contributed by atoms with E-state index in [1.54, 1.807) is 0 Å². The Kier molecular flexibility index (Phi) is 20.4. The normalized spacial score (nSPS) is 12.6. The zero-order valence-electron chi connectivity index (χ0n) is 62.8.